The maximum Gasteiger partial charge on any atom is 0.124 e. The van der Waals surface area contributed by atoms with Crippen molar-refractivity contribution < 1.29 is 16.8 Å². The molecule has 1 aromatic carbocycles. The average molecular weight is 254 g/mol. The summed E-state index contributed by atoms with van der Waals surface area (Å²) in [5.74, 6) is 0.541. The molecule has 0 saturated heterocycles. The predicted molar refractivity (Wildman–Crippen MR) is 61.5 cm³/mol. The van der Waals surface area contributed by atoms with Crippen molar-refractivity contribution in [3.05, 3.63) is 42.6 Å². The second kappa shape index (κ2) is 4.07. The van der Waals surface area contributed by atoms with Gasteiger partial charge in [0.15, 0.2) is 0 Å². The number of anilines is 1. The summed E-state index contributed by atoms with van der Waals surface area (Å²) in [7, 11) is 0. The minimum atomic E-state index is 0. The second-order valence-electron chi connectivity index (χ2n) is 3.44. The van der Waals surface area contributed by atoms with Crippen LogP contribution < -0.4 is 5.73 Å². The van der Waals surface area contributed by atoms with Gasteiger partial charge >= 0.3 is 0 Å². The molecule has 4 heteroatoms. The van der Waals surface area contributed by atoms with Gasteiger partial charge in [-0.3, -0.25) is 4.98 Å². The molecule has 0 spiro atoms. The molecule has 2 heterocycles. The number of pyridine rings is 2. The largest absolute Gasteiger partial charge is 0.384 e. The van der Waals surface area contributed by atoms with Crippen LogP contribution in [0.5, 0.6) is 0 Å². The van der Waals surface area contributed by atoms with Crippen LogP contribution in [0.25, 0.3) is 21.8 Å². The molecule has 0 aliphatic carbocycles. The molecule has 0 bridgehead atoms. The van der Waals surface area contributed by atoms with Crippen molar-refractivity contribution in [3.63, 3.8) is 0 Å². The zero-order valence-electron chi connectivity index (χ0n) is 8.35. The Bertz CT molecular complexity index is 652. The number of aromatic nitrogens is 2. The summed E-state index contributed by atoms with van der Waals surface area (Å²) >= 11 is 0. The molecule has 2 N–H and O–H groups in total. The van der Waals surface area contributed by atoms with E-state index < -0.39 is 0 Å². The van der Waals surface area contributed by atoms with Crippen LogP contribution >= 0.6 is 0 Å². The van der Waals surface area contributed by atoms with Crippen LogP contribution in [-0.2, 0) is 16.8 Å². The third-order valence-electron chi connectivity index (χ3n) is 2.46. The van der Waals surface area contributed by atoms with Crippen molar-refractivity contribution in [2.45, 2.75) is 0 Å². The molecule has 3 nitrogen and oxygen atoms in total. The minimum absolute atomic E-state index is 0. The van der Waals surface area contributed by atoms with Gasteiger partial charge in [0.05, 0.1) is 11.0 Å². The van der Waals surface area contributed by atoms with E-state index in [2.05, 4.69) is 9.97 Å². The number of nitrogens with zero attached hydrogens (tertiary/aromatic N) is 2. The summed E-state index contributed by atoms with van der Waals surface area (Å²) in [5.41, 5.74) is 7.55. The van der Waals surface area contributed by atoms with Crippen LogP contribution in [0.3, 0.4) is 0 Å². The Morgan fingerprint density at radius 3 is 2.69 bits per heavy atom. The first kappa shape index (κ1) is 10.9. The normalized spacial score (nSPS) is 10.2. The van der Waals surface area contributed by atoms with Gasteiger partial charge in [0.1, 0.15) is 5.82 Å². The maximum absolute atomic E-state index is 5.68. The van der Waals surface area contributed by atoms with Gasteiger partial charge in [0, 0.05) is 33.7 Å². The van der Waals surface area contributed by atoms with Crippen molar-refractivity contribution in [1.29, 1.82) is 0 Å². The van der Waals surface area contributed by atoms with Gasteiger partial charge < -0.3 is 5.73 Å². The summed E-state index contributed by atoms with van der Waals surface area (Å²) in [5, 5.41) is 2.13. The maximum atomic E-state index is 5.68. The molecule has 0 aliphatic rings. The van der Waals surface area contributed by atoms with E-state index in [0.29, 0.717) is 5.82 Å². The molecule has 1 radical (unpaired) electrons. The number of rotatable bonds is 0. The van der Waals surface area contributed by atoms with Crippen molar-refractivity contribution in [2.24, 2.45) is 0 Å². The summed E-state index contributed by atoms with van der Waals surface area (Å²) < 4.78 is 0. The first-order valence-corrected chi connectivity index (χ1v) is 4.74. The summed E-state index contributed by atoms with van der Waals surface area (Å²) in [6.45, 7) is 0. The Labute approximate surface area is 103 Å². The zero-order valence-corrected chi connectivity index (χ0v) is 9.39. The van der Waals surface area contributed by atoms with Gasteiger partial charge in [-0.05, 0) is 30.3 Å². The first-order chi connectivity index (χ1) is 7.34. The Morgan fingerprint density at radius 2 is 1.81 bits per heavy atom. The van der Waals surface area contributed by atoms with Crippen LogP contribution in [0.1, 0.15) is 0 Å². The molecule has 0 saturated carbocycles. The monoisotopic (exact) mass is 254 g/mol. The van der Waals surface area contributed by atoms with Gasteiger partial charge in [0.2, 0.25) is 0 Å². The van der Waals surface area contributed by atoms with E-state index >= 15 is 0 Å². The van der Waals surface area contributed by atoms with E-state index in [0.717, 1.165) is 21.8 Å². The molecular formula is C12H9CoN3. The molecule has 16 heavy (non-hydrogen) atoms. The average Bonchev–Trinajstić information content (AvgIpc) is 2.29. The number of fused-ring (bicyclic) bond motifs is 3. The molecule has 0 fully saturated rings. The van der Waals surface area contributed by atoms with Crippen molar-refractivity contribution >= 4 is 27.6 Å². The van der Waals surface area contributed by atoms with Gasteiger partial charge in [-0.15, -0.1) is 0 Å². The number of hydrogen-bond acceptors (Lipinski definition) is 3. The first-order valence-electron chi connectivity index (χ1n) is 4.74. The Balaban J connectivity index is 0.000000963. The van der Waals surface area contributed by atoms with Crippen LogP contribution in [-0.4, -0.2) is 9.97 Å². The molecule has 0 aliphatic heterocycles. The fourth-order valence-electron chi connectivity index (χ4n) is 1.75. The second-order valence-corrected chi connectivity index (χ2v) is 3.44. The van der Waals surface area contributed by atoms with E-state index in [-0.39, 0.29) is 16.8 Å². The summed E-state index contributed by atoms with van der Waals surface area (Å²) in [6.07, 6.45) is 1.78. The molecule has 0 amide bonds. The molecule has 0 unspecified atom stereocenters. The predicted octanol–water partition coefficient (Wildman–Crippen LogP) is 2.36. The minimum Gasteiger partial charge on any atom is -0.384 e. The Hall–Kier alpha value is -1.65. The van der Waals surface area contributed by atoms with E-state index in [4.69, 9.17) is 5.73 Å². The van der Waals surface area contributed by atoms with Gasteiger partial charge in [-0.1, -0.05) is 6.07 Å². The van der Waals surface area contributed by atoms with Gasteiger partial charge in [0.25, 0.3) is 0 Å². The van der Waals surface area contributed by atoms with E-state index in [1.165, 1.54) is 0 Å². The molecular weight excluding hydrogens is 245 g/mol. The smallest absolute Gasteiger partial charge is 0.124 e. The van der Waals surface area contributed by atoms with E-state index in [1.807, 2.05) is 36.4 Å². The molecule has 3 aromatic rings. The molecule has 0 atom stereocenters. The summed E-state index contributed by atoms with van der Waals surface area (Å²) in [6, 6.07) is 11.7. The zero-order chi connectivity index (χ0) is 10.3. The Morgan fingerprint density at radius 1 is 1.00 bits per heavy atom. The number of hydrogen-bond donors (Lipinski definition) is 1. The molecule has 3 rings (SSSR count). The van der Waals surface area contributed by atoms with Gasteiger partial charge in [-0.2, -0.15) is 0 Å². The molecule has 81 valence electrons. The van der Waals surface area contributed by atoms with Crippen LogP contribution in [0.2, 0.25) is 0 Å². The number of nitrogen functional groups attached to an aromatic ring is 1. The topological polar surface area (TPSA) is 51.8 Å². The SMILES string of the molecule is Nc1ccc2ccc3ncccc3c2n1.[Co]. The van der Waals surface area contributed by atoms with Crippen LogP contribution in [0.15, 0.2) is 42.6 Å². The van der Waals surface area contributed by atoms with E-state index in [1.54, 1.807) is 6.20 Å². The molecule has 2 aromatic heterocycles. The standard InChI is InChI=1S/C12H9N3.Co/c13-11-6-4-8-3-5-10-9(12(8)15-11)2-1-7-14-10;/h1-7H,(H2,13,15);. The van der Waals surface area contributed by atoms with Crippen molar-refractivity contribution in [3.8, 4) is 0 Å². The van der Waals surface area contributed by atoms with E-state index in [9.17, 15) is 0 Å². The summed E-state index contributed by atoms with van der Waals surface area (Å²) in [4.78, 5) is 8.62. The third kappa shape index (κ3) is 1.62. The number of benzene rings is 1. The van der Waals surface area contributed by atoms with Crippen LogP contribution in [0.4, 0.5) is 5.82 Å². The fourth-order valence-corrected chi connectivity index (χ4v) is 1.75. The Kier molecular flexibility index (Phi) is 2.76. The van der Waals surface area contributed by atoms with Crippen LogP contribution in [0, 0.1) is 0 Å². The quantitative estimate of drug-likeness (QED) is 0.626. The van der Waals surface area contributed by atoms with Crippen molar-refractivity contribution in [2.75, 3.05) is 5.73 Å². The van der Waals surface area contributed by atoms with Crippen molar-refractivity contribution in [1.82, 2.24) is 9.97 Å². The van der Waals surface area contributed by atoms with Gasteiger partial charge in [-0.25, -0.2) is 4.98 Å². The third-order valence-corrected chi connectivity index (χ3v) is 2.46. The fraction of sp³-hybridized carbons (Fsp3) is 0. The number of nitrogens with two attached hydrogens (primary N) is 1.